The van der Waals surface area contributed by atoms with Crippen molar-refractivity contribution in [2.75, 3.05) is 0 Å². The summed E-state index contributed by atoms with van der Waals surface area (Å²) >= 11 is 0. The van der Waals surface area contributed by atoms with Crippen LogP contribution in [0.4, 0.5) is 0 Å². The van der Waals surface area contributed by atoms with Gasteiger partial charge < -0.3 is 10.4 Å². The molecule has 1 amide bonds. The van der Waals surface area contributed by atoms with Crippen LogP contribution in [0.1, 0.15) is 46.5 Å². The summed E-state index contributed by atoms with van der Waals surface area (Å²) in [6.45, 7) is 6.10. The van der Waals surface area contributed by atoms with E-state index in [1.807, 2.05) is 20.8 Å². The average Bonchev–Trinajstić information content (AvgIpc) is 2.17. The van der Waals surface area contributed by atoms with Gasteiger partial charge in [-0.3, -0.25) is 4.79 Å². The van der Waals surface area contributed by atoms with Crippen LogP contribution in [-0.2, 0) is 9.59 Å². The molecule has 92 valence electrons. The molecule has 0 aromatic rings. The molecule has 1 rings (SSSR count). The van der Waals surface area contributed by atoms with Gasteiger partial charge in [0.15, 0.2) is 0 Å². The van der Waals surface area contributed by atoms with E-state index in [4.69, 9.17) is 0 Å². The van der Waals surface area contributed by atoms with E-state index in [-0.39, 0.29) is 11.3 Å². The van der Waals surface area contributed by atoms with Crippen molar-refractivity contribution >= 4 is 12.4 Å². The van der Waals surface area contributed by atoms with Gasteiger partial charge in [0.05, 0.1) is 0 Å². The summed E-state index contributed by atoms with van der Waals surface area (Å²) < 4.78 is 0. The number of rotatable bonds is 3. The van der Waals surface area contributed by atoms with Crippen LogP contribution in [0.5, 0.6) is 0 Å². The summed E-state index contributed by atoms with van der Waals surface area (Å²) in [4.78, 5) is 22.2. The van der Waals surface area contributed by atoms with Crippen LogP contribution in [0.3, 0.4) is 0 Å². The van der Waals surface area contributed by atoms with Gasteiger partial charge in [0, 0.05) is 0 Å². The van der Waals surface area contributed by atoms with Gasteiger partial charge in [-0.15, -0.1) is 0 Å². The predicted molar refractivity (Wildman–Crippen MR) is 61.0 cm³/mol. The van der Waals surface area contributed by atoms with Crippen molar-refractivity contribution in [2.24, 2.45) is 11.3 Å². The van der Waals surface area contributed by atoms with Gasteiger partial charge in [0.2, 0.25) is 6.41 Å². The van der Waals surface area contributed by atoms with Crippen molar-refractivity contribution in [3.63, 3.8) is 0 Å². The van der Waals surface area contributed by atoms with E-state index in [0.29, 0.717) is 12.8 Å². The smallest absolute Gasteiger partial charge is 0.329 e. The number of nitrogens with one attached hydrogen (secondary N) is 1. The Morgan fingerprint density at radius 1 is 1.44 bits per heavy atom. The minimum Gasteiger partial charge on any atom is -0.479 e. The average molecular weight is 227 g/mol. The summed E-state index contributed by atoms with van der Waals surface area (Å²) in [5.41, 5.74) is -1.19. The van der Waals surface area contributed by atoms with Crippen LogP contribution in [0, 0.1) is 11.3 Å². The highest BCUT2D eigenvalue weighted by molar-refractivity contribution is 5.82. The second-order valence-electron chi connectivity index (χ2n) is 5.70. The maximum absolute atomic E-state index is 11.5. The van der Waals surface area contributed by atoms with E-state index in [1.54, 1.807) is 0 Å². The molecule has 4 heteroatoms. The molecule has 2 unspecified atom stereocenters. The SMILES string of the molecule is CC(C)(C)C1CCCCC1(NC=O)C(=O)O. The Kier molecular flexibility index (Phi) is 3.61. The van der Waals surface area contributed by atoms with Gasteiger partial charge in [-0.2, -0.15) is 0 Å². The number of aliphatic carboxylic acids is 1. The number of carboxylic acid groups (broad SMARTS) is 1. The lowest BCUT2D eigenvalue weighted by Gasteiger charge is -2.46. The zero-order chi connectivity index (χ0) is 12.4. The van der Waals surface area contributed by atoms with Crippen LogP contribution in [0.15, 0.2) is 0 Å². The summed E-state index contributed by atoms with van der Waals surface area (Å²) in [6.07, 6.45) is 3.81. The highest BCUT2D eigenvalue weighted by Crippen LogP contribution is 2.44. The summed E-state index contributed by atoms with van der Waals surface area (Å²) in [7, 11) is 0. The second-order valence-corrected chi connectivity index (χ2v) is 5.70. The summed E-state index contributed by atoms with van der Waals surface area (Å²) in [6, 6.07) is 0. The molecule has 0 saturated heterocycles. The molecular weight excluding hydrogens is 206 g/mol. The normalized spacial score (nSPS) is 30.8. The Morgan fingerprint density at radius 3 is 2.50 bits per heavy atom. The van der Waals surface area contributed by atoms with Crippen LogP contribution in [0.25, 0.3) is 0 Å². The quantitative estimate of drug-likeness (QED) is 0.722. The summed E-state index contributed by atoms with van der Waals surface area (Å²) in [5.74, 6) is -0.921. The Hall–Kier alpha value is -1.06. The van der Waals surface area contributed by atoms with Crippen molar-refractivity contribution < 1.29 is 14.7 Å². The van der Waals surface area contributed by atoms with Gasteiger partial charge in [-0.1, -0.05) is 33.6 Å². The third kappa shape index (κ3) is 2.20. The largest absolute Gasteiger partial charge is 0.479 e. The number of carboxylic acids is 1. The van der Waals surface area contributed by atoms with E-state index < -0.39 is 11.5 Å². The molecule has 2 N–H and O–H groups in total. The van der Waals surface area contributed by atoms with Crippen molar-refractivity contribution in [3.05, 3.63) is 0 Å². The van der Waals surface area contributed by atoms with E-state index >= 15 is 0 Å². The maximum Gasteiger partial charge on any atom is 0.329 e. The molecular formula is C12H21NO3. The molecule has 0 radical (unpaired) electrons. The van der Waals surface area contributed by atoms with Crippen molar-refractivity contribution in [3.8, 4) is 0 Å². The topological polar surface area (TPSA) is 66.4 Å². The Morgan fingerprint density at radius 2 is 2.06 bits per heavy atom. The van der Waals surface area contributed by atoms with E-state index in [2.05, 4.69) is 5.32 Å². The first kappa shape index (κ1) is 13.0. The highest BCUT2D eigenvalue weighted by atomic mass is 16.4. The third-order valence-electron chi connectivity index (χ3n) is 3.65. The number of carbonyl (C=O) groups is 2. The Bertz CT molecular complexity index is 282. The molecule has 1 aliphatic carbocycles. The van der Waals surface area contributed by atoms with Crippen molar-refractivity contribution in [2.45, 2.75) is 52.0 Å². The number of carbonyl (C=O) groups excluding carboxylic acids is 1. The van der Waals surface area contributed by atoms with Crippen LogP contribution in [0.2, 0.25) is 0 Å². The molecule has 0 aliphatic heterocycles. The van der Waals surface area contributed by atoms with Crippen LogP contribution in [-0.4, -0.2) is 23.0 Å². The zero-order valence-corrected chi connectivity index (χ0v) is 10.2. The zero-order valence-electron chi connectivity index (χ0n) is 10.2. The lowest BCUT2D eigenvalue weighted by atomic mass is 9.62. The minimum absolute atomic E-state index is 0.0172. The van der Waals surface area contributed by atoms with E-state index in [1.165, 1.54) is 0 Å². The fourth-order valence-corrected chi connectivity index (χ4v) is 2.94. The fourth-order valence-electron chi connectivity index (χ4n) is 2.94. The maximum atomic E-state index is 11.5. The predicted octanol–water partition coefficient (Wildman–Crippen LogP) is 1.79. The Balaban J connectivity index is 3.09. The van der Waals surface area contributed by atoms with Crippen molar-refractivity contribution in [1.82, 2.24) is 5.32 Å². The monoisotopic (exact) mass is 227 g/mol. The first-order chi connectivity index (χ1) is 7.34. The molecule has 4 nitrogen and oxygen atoms in total. The molecule has 0 aromatic carbocycles. The molecule has 0 aromatic heterocycles. The number of hydrogen-bond acceptors (Lipinski definition) is 2. The molecule has 1 saturated carbocycles. The van der Waals surface area contributed by atoms with Gasteiger partial charge in [-0.05, 0) is 24.2 Å². The van der Waals surface area contributed by atoms with Gasteiger partial charge in [0.25, 0.3) is 0 Å². The summed E-state index contributed by atoms with van der Waals surface area (Å²) in [5, 5.41) is 12.0. The first-order valence-electron chi connectivity index (χ1n) is 5.79. The first-order valence-corrected chi connectivity index (χ1v) is 5.79. The molecule has 0 spiro atoms. The highest BCUT2D eigenvalue weighted by Gasteiger charge is 2.51. The van der Waals surface area contributed by atoms with E-state index in [0.717, 1.165) is 19.3 Å². The third-order valence-corrected chi connectivity index (χ3v) is 3.65. The van der Waals surface area contributed by atoms with Crippen molar-refractivity contribution in [1.29, 1.82) is 0 Å². The molecule has 0 bridgehead atoms. The van der Waals surface area contributed by atoms with Gasteiger partial charge >= 0.3 is 5.97 Å². The Labute approximate surface area is 96.4 Å². The number of amides is 1. The number of hydrogen-bond donors (Lipinski definition) is 2. The van der Waals surface area contributed by atoms with E-state index in [9.17, 15) is 14.7 Å². The minimum atomic E-state index is -1.07. The van der Waals surface area contributed by atoms with Crippen LogP contribution < -0.4 is 5.32 Å². The van der Waals surface area contributed by atoms with Gasteiger partial charge in [0.1, 0.15) is 5.54 Å². The standard InChI is InChI=1S/C12H21NO3/c1-11(2,3)9-6-4-5-7-12(9,10(15)16)13-8-14/h8-9H,4-7H2,1-3H3,(H,13,14)(H,15,16). The second kappa shape index (κ2) is 4.44. The molecule has 16 heavy (non-hydrogen) atoms. The lowest BCUT2D eigenvalue weighted by Crippen LogP contribution is -2.61. The lowest BCUT2D eigenvalue weighted by molar-refractivity contribution is -0.153. The molecule has 2 atom stereocenters. The van der Waals surface area contributed by atoms with Gasteiger partial charge in [-0.25, -0.2) is 4.79 Å². The molecule has 1 fully saturated rings. The molecule has 0 heterocycles. The fraction of sp³-hybridized carbons (Fsp3) is 0.833. The van der Waals surface area contributed by atoms with Crippen LogP contribution >= 0.6 is 0 Å². The molecule has 1 aliphatic rings.